The largest absolute Gasteiger partial charge is 0.341 e. The Morgan fingerprint density at radius 3 is 2.41 bits per heavy atom. The normalized spacial score (nSPS) is 15.3. The summed E-state index contributed by atoms with van der Waals surface area (Å²) in [5.74, 6) is 6.03. The van der Waals surface area contributed by atoms with E-state index in [0.717, 1.165) is 37.9 Å². The fraction of sp³-hybridized carbons (Fsp3) is 0.286. The van der Waals surface area contributed by atoms with Crippen molar-refractivity contribution in [2.24, 2.45) is 0 Å². The van der Waals surface area contributed by atoms with Crippen molar-refractivity contribution >= 4 is 17.7 Å². The van der Waals surface area contributed by atoms with Crippen molar-refractivity contribution < 1.29 is 9.18 Å². The van der Waals surface area contributed by atoms with E-state index in [2.05, 4.69) is 10.2 Å². The zero-order chi connectivity index (χ0) is 20.2. The van der Waals surface area contributed by atoms with Gasteiger partial charge in [-0.3, -0.25) is 4.79 Å². The second kappa shape index (κ2) is 8.65. The number of nitrogens with zero attached hydrogens (tertiary/aromatic N) is 4. The highest BCUT2D eigenvalue weighted by Crippen LogP contribution is 2.37. The lowest BCUT2D eigenvalue weighted by Gasteiger charge is -2.30. The first-order valence-corrected chi connectivity index (χ1v) is 10.5. The SMILES string of the molecule is Nn1c(S[C@@H](C(=O)N2CCCCC2)c2ccccc2)nnc1-c1ccccc1F. The van der Waals surface area contributed by atoms with E-state index in [-0.39, 0.29) is 17.3 Å². The van der Waals surface area contributed by atoms with Crippen LogP contribution >= 0.6 is 11.8 Å². The minimum absolute atomic E-state index is 0.0383. The summed E-state index contributed by atoms with van der Waals surface area (Å²) in [5, 5.41) is 8.08. The van der Waals surface area contributed by atoms with Crippen molar-refractivity contribution in [3.05, 3.63) is 66.0 Å². The van der Waals surface area contributed by atoms with Gasteiger partial charge in [0.2, 0.25) is 11.1 Å². The predicted molar refractivity (Wildman–Crippen MR) is 111 cm³/mol. The number of rotatable bonds is 5. The van der Waals surface area contributed by atoms with Crippen molar-refractivity contribution in [1.29, 1.82) is 0 Å². The number of nitrogen functional groups attached to an aromatic ring is 1. The quantitative estimate of drug-likeness (QED) is 0.512. The third-order valence-electron chi connectivity index (χ3n) is 5.00. The minimum Gasteiger partial charge on any atom is -0.341 e. The Bertz CT molecular complexity index is 988. The molecule has 1 aromatic heterocycles. The molecule has 1 atom stereocenters. The van der Waals surface area contributed by atoms with Gasteiger partial charge in [0.25, 0.3) is 0 Å². The zero-order valence-corrected chi connectivity index (χ0v) is 16.7. The Morgan fingerprint density at radius 1 is 1.00 bits per heavy atom. The molecule has 29 heavy (non-hydrogen) atoms. The van der Waals surface area contributed by atoms with Crippen LogP contribution in [0.4, 0.5) is 4.39 Å². The molecule has 0 spiro atoms. The van der Waals surface area contributed by atoms with Gasteiger partial charge in [0.05, 0.1) is 5.56 Å². The fourth-order valence-electron chi connectivity index (χ4n) is 3.46. The molecule has 0 saturated carbocycles. The maximum absolute atomic E-state index is 14.2. The third-order valence-corrected chi connectivity index (χ3v) is 6.20. The summed E-state index contributed by atoms with van der Waals surface area (Å²) in [6, 6.07) is 15.9. The van der Waals surface area contributed by atoms with Gasteiger partial charge >= 0.3 is 0 Å². The molecular weight excluding hydrogens is 389 g/mol. The minimum atomic E-state index is -0.491. The topological polar surface area (TPSA) is 77.0 Å². The van der Waals surface area contributed by atoms with Crippen molar-refractivity contribution in [2.75, 3.05) is 18.9 Å². The molecule has 0 radical (unpaired) electrons. The molecule has 0 bridgehead atoms. The first kappa shape index (κ1) is 19.4. The van der Waals surface area contributed by atoms with Crippen LogP contribution < -0.4 is 5.84 Å². The highest BCUT2D eigenvalue weighted by atomic mass is 32.2. The number of piperidine rings is 1. The number of halogens is 1. The van der Waals surface area contributed by atoms with E-state index >= 15 is 0 Å². The Labute approximate surface area is 172 Å². The zero-order valence-electron chi connectivity index (χ0n) is 15.9. The lowest BCUT2D eigenvalue weighted by atomic mass is 10.1. The van der Waals surface area contributed by atoms with Crippen LogP contribution in [0.5, 0.6) is 0 Å². The number of hydrogen-bond donors (Lipinski definition) is 1. The summed E-state index contributed by atoms with van der Waals surface area (Å²) in [6.45, 7) is 1.52. The Hall–Kier alpha value is -2.87. The van der Waals surface area contributed by atoms with Crippen molar-refractivity contribution in [3.63, 3.8) is 0 Å². The lowest BCUT2D eigenvalue weighted by Crippen LogP contribution is -2.38. The van der Waals surface area contributed by atoms with Crippen LogP contribution in [0.1, 0.15) is 30.1 Å². The standard InChI is InChI=1S/C21H22FN5OS/c22-17-12-6-5-11-16(17)19-24-25-21(27(19)23)29-18(15-9-3-1-4-10-15)20(28)26-13-7-2-8-14-26/h1,3-6,9-12,18H,2,7-8,13-14,23H2/t18-/m1/s1. The molecule has 1 amide bonds. The number of benzene rings is 2. The average Bonchev–Trinajstić information content (AvgIpc) is 3.13. The number of nitrogens with two attached hydrogens (primary N) is 1. The Kier molecular flexibility index (Phi) is 5.80. The molecule has 1 saturated heterocycles. The van der Waals surface area contributed by atoms with Gasteiger partial charge in [-0.25, -0.2) is 9.07 Å². The number of likely N-dealkylation sites (tertiary alicyclic amines) is 1. The molecule has 8 heteroatoms. The molecule has 0 aliphatic carbocycles. The Morgan fingerprint density at radius 2 is 1.69 bits per heavy atom. The van der Waals surface area contributed by atoms with E-state index in [9.17, 15) is 9.18 Å². The summed E-state index contributed by atoms with van der Waals surface area (Å²) in [5.41, 5.74) is 1.15. The molecule has 150 valence electrons. The molecule has 2 N–H and O–H groups in total. The maximum Gasteiger partial charge on any atom is 0.240 e. The van der Waals surface area contributed by atoms with Crippen LogP contribution in [-0.4, -0.2) is 38.8 Å². The van der Waals surface area contributed by atoms with Gasteiger partial charge in [0.15, 0.2) is 5.82 Å². The Balaban J connectivity index is 1.65. The summed E-state index contributed by atoms with van der Waals surface area (Å²) in [4.78, 5) is 15.2. The van der Waals surface area contributed by atoms with E-state index in [1.807, 2.05) is 35.2 Å². The van der Waals surface area contributed by atoms with Gasteiger partial charge in [0, 0.05) is 13.1 Å². The maximum atomic E-state index is 14.2. The van der Waals surface area contributed by atoms with Gasteiger partial charge in [0.1, 0.15) is 11.1 Å². The van der Waals surface area contributed by atoms with Gasteiger partial charge in [-0.1, -0.05) is 54.2 Å². The molecular formula is C21H22FN5OS. The van der Waals surface area contributed by atoms with E-state index in [1.165, 1.54) is 22.5 Å². The highest BCUT2D eigenvalue weighted by molar-refractivity contribution is 8.00. The first-order chi connectivity index (χ1) is 14.1. The summed E-state index contributed by atoms with van der Waals surface area (Å²) < 4.78 is 15.4. The molecule has 2 heterocycles. The monoisotopic (exact) mass is 411 g/mol. The van der Waals surface area contributed by atoms with Crippen LogP contribution in [0.25, 0.3) is 11.4 Å². The summed E-state index contributed by atoms with van der Waals surface area (Å²) in [6.07, 6.45) is 3.18. The number of aromatic nitrogens is 3. The number of amides is 1. The second-order valence-corrected chi connectivity index (χ2v) is 8.02. The predicted octanol–water partition coefficient (Wildman–Crippen LogP) is 3.64. The average molecular weight is 412 g/mol. The van der Waals surface area contributed by atoms with Crippen molar-refractivity contribution in [1.82, 2.24) is 19.8 Å². The molecule has 1 aliphatic rings. The molecule has 1 fully saturated rings. The summed E-state index contributed by atoms with van der Waals surface area (Å²) >= 11 is 1.24. The van der Waals surface area contributed by atoms with Crippen LogP contribution in [0.2, 0.25) is 0 Å². The molecule has 3 aromatic rings. The number of thioether (sulfide) groups is 1. The first-order valence-electron chi connectivity index (χ1n) is 9.61. The molecule has 2 aromatic carbocycles. The van der Waals surface area contributed by atoms with E-state index in [0.29, 0.717) is 5.16 Å². The number of hydrogen-bond acceptors (Lipinski definition) is 5. The van der Waals surface area contributed by atoms with Crippen LogP contribution in [0, 0.1) is 5.82 Å². The van der Waals surface area contributed by atoms with Crippen LogP contribution in [0.3, 0.4) is 0 Å². The highest BCUT2D eigenvalue weighted by Gasteiger charge is 2.30. The number of carbonyl (C=O) groups is 1. The fourth-order valence-corrected chi connectivity index (χ4v) is 4.50. The van der Waals surface area contributed by atoms with E-state index in [4.69, 9.17) is 5.84 Å². The van der Waals surface area contributed by atoms with Gasteiger partial charge < -0.3 is 10.7 Å². The van der Waals surface area contributed by atoms with Crippen LogP contribution in [0.15, 0.2) is 59.8 Å². The van der Waals surface area contributed by atoms with Gasteiger partial charge in [-0.05, 0) is 37.0 Å². The van der Waals surface area contributed by atoms with E-state index in [1.54, 1.807) is 18.2 Å². The van der Waals surface area contributed by atoms with Crippen LogP contribution in [-0.2, 0) is 4.79 Å². The van der Waals surface area contributed by atoms with Crippen molar-refractivity contribution in [3.8, 4) is 11.4 Å². The molecule has 6 nitrogen and oxygen atoms in total. The lowest BCUT2D eigenvalue weighted by molar-refractivity contribution is -0.131. The molecule has 4 rings (SSSR count). The number of carbonyl (C=O) groups excluding carboxylic acids is 1. The molecule has 1 aliphatic heterocycles. The van der Waals surface area contributed by atoms with Gasteiger partial charge in [-0.2, -0.15) is 0 Å². The smallest absolute Gasteiger partial charge is 0.240 e. The van der Waals surface area contributed by atoms with E-state index < -0.39 is 11.1 Å². The second-order valence-electron chi connectivity index (χ2n) is 6.95. The van der Waals surface area contributed by atoms with Gasteiger partial charge in [-0.15, -0.1) is 10.2 Å². The molecule has 0 unspecified atom stereocenters. The van der Waals surface area contributed by atoms with Crippen molar-refractivity contribution in [2.45, 2.75) is 29.7 Å². The third kappa shape index (κ3) is 4.12. The summed E-state index contributed by atoms with van der Waals surface area (Å²) in [7, 11) is 0.